The van der Waals surface area contributed by atoms with E-state index in [-0.39, 0.29) is 11.3 Å². The minimum atomic E-state index is -0.00916. The fourth-order valence-electron chi connectivity index (χ4n) is 0.940. The van der Waals surface area contributed by atoms with E-state index < -0.39 is 0 Å². The highest BCUT2D eigenvalue weighted by molar-refractivity contribution is 5.87. The number of carbonyl (C=O) groups is 1. The Labute approximate surface area is 99.3 Å². The average Bonchev–Trinajstić information content (AvgIpc) is 2.09. The summed E-state index contributed by atoms with van der Waals surface area (Å²) >= 11 is 0. The monoisotopic (exact) mass is 227 g/mol. The Bertz CT molecular complexity index is 262. The van der Waals surface area contributed by atoms with Crippen LogP contribution in [0.2, 0.25) is 0 Å². The van der Waals surface area contributed by atoms with Crippen molar-refractivity contribution in [2.24, 2.45) is 5.41 Å². The average molecular weight is 227 g/mol. The van der Waals surface area contributed by atoms with Crippen LogP contribution in [0.4, 0.5) is 0 Å². The van der Waals surface area contributed by atoms with E-state index in [9.17, 15) is 4.79 Å². The molecule has 0 heterocycles. The fourth-order valence-corrected chi connectivity index (χ4v) is 0.940. The van der Waals surface area contributed by atoms with Crippen LogP contribution < -0.4 is 5.32 Å². The Hall–Kier alpha value is -1.19. The third kappa shape index (κ3) is 6.32. The van der Waals surface area contributed by atoms with Crippen molar-refractivity contribution in [2.45, 2.75) is 20.8 Å². The number of carbonyl (C=O) groups excluding carboxylic acids is 1. The van der Waals surface area contributed by atoms with Gasteiger partial charge >= 0.3 is 0 Å². The number of amides is 1. The second kappa shape index (κ2) is 5.77. The van der Waals surface area contributed by atoms with Gasteiger partial charge in [-0.1, -0.05) is 20.8 Å². The van der Waals surface area contributed by atoms with Crippen molar-refractivity contribution in [3.8, 4) is 0 Å². The van der Waals surface area contributed by atoms with Gasteiger partial charge in [0.05, 0.1) is 0 Å². The normalized spacial score (nSPS) is 12.3. The Morgan fingerprint density at radius 3 is 1.94 bits per heavy atom. The molecule has 0 aromatic heterocycles. The van der Waals surface area contributed by atoms with Gasteiger partial charge in [-0.15, -0.1) is 0 Å². The number of hydrogen-bond acceptors (Lipinski definition) is 3. The van der Waals surface area contributed by atoms with E-state index in [1.807, 2.05) is 19.0 Å². The molecule has 0 fully saturated rings. The molecule has 0 aromatic carbocycles. The van der Waals surface area contributed by atoms with E-state index in [4.69, 9.17) is 0 Å². The van der Waals surface area contributed by atoms with E-state index in [2.05, 4.69) is 26.1 Å². The third-order valence-electron chi connectivity index (χ3n) is 1.98. The highest BCUT2D eigenvalue weighted by atomic mass is 16.2. The summed E-state index contributed by atoms with van der Waals surface area (Å²) in [6.07, 6.45) is 1.62. The zero-order chi connectivity index (χ0) is 12.9. The second-order valence-corrected chi connectivity index (χ2v) is 5.57. The molecule has 94 valence electrons. The second-order valence-electron chi connectivity index (χ2n) is 5.57. The van der Waals surface area contributed by atoms with Crippen LogP contribution in [0.3, 0.4) is 0 Å². The predicted molar refractivity (Wildman–Crippen MR) is 67.9 cm³/mol. The lowest BCUT2D eigenvalue weighted by atomic mass is 9.97. The van der Waals surface area contributed by atoms with Crippen LogP contribution in [0.5, 0.6) is 0 Å². The lowest BCUT2D eigenvalue weighted by Gasteiger charge is -2.25. The summed E-state index contributed by atoms with van der Waals surface area (Å²) in [6, 6.07) is 0. The van der Waals surface area contributed by atoms with Crippen LogP contribution >= 0.6 is 0 Å². The van der Waals surface area contributed by atoms with Gasteiger partial charge in [0, 0.05) is 40.8 Å². The van der Waals surface area contributed by atoms with E-state index in [0.717, 1.165) is 12.4 Å². The molecule has 0 rings (SSSR count). The third-order valence-corrected chi connectivity index (χ3v) is 1.98. The van der Waals surface area contributed by atoms with E-state index >= 15 is 0 Å². The maximum absolute atomic E-state index is 11.6. The van der Waals surface area contributed by atoms with Crippen LogP contribution in [0.1, 0.15) is 20.8 Å². The minimum Gasteiger partial charge on any atom is -0.371 e. The topological polar surface area (TPSA) is 35.6 Å². The summed E-state index contributed by atoms with van der Waals surface area (Å²) < 4.78 is 0. The summed E-state index contributed by atoms with van der Waals surface area (Å²) in [6.45, 7) is 7.29. The SMILES string of the molecule is CN(C)C(=O)/C=C(/NCC(C)(C)C)N(C)C. The lowest BCUT2D eigenvalue weighted by Crippen LogP contribution is -2.34. The van der Waals surface area contributed by atoms with Gasteiger partial charge in [0.15, 0.2) is 0 Å². The molecular formula is C12H25N3O. The smallest absolute Gasteiger partial charge is 0.249 e. The van der Waals surface area contributed by atoms with Gasteiger partial charge in [-0.25, -0.2) is 0 Å². The van der Waals surface area contributed by atoms with Crippen molar-refractivity contribution in [1.29, 1.82) is 0 Å². The number of likely N-dealkylation sites (N-methyl/N-ethyl adjacent to an activating group) is 1. The van der Waals surface area contributed by atoms with Crippen molar-refractivity contribution >= 4 is 5.91 Å². The molecule has 0 aliphatic heterocycles. The number of nitrogens with zero attached hydrogens (tertiary/aromatic N) is 2. The first kappa shape index (κ1) is 14.8. The minimum absolute atomic E-state index is 0.00916. The Morgan fingerprint density at radius 1 is 1.12 bits per heavy atom. The molecule has 4 nitrogen and oxygen atoms in total. The molecule has 0 spiro atoms. The molecule has 1 N–H and O–H groups in total. The van der Waals surface area contributed by atoms with Crippen molar-refractivity contribution in [1.82, 2.24) is 15.1 Å². The fraction of sp³-hybridized carbons (Fsp3) is 0.750. The molecule has 0 saturated heterocycles. The molecule has 0 aromatic rings. The van der Waals surface area contributed by atoms with Gasteiger partial charge < -0.3 is 15.1 Å². The van der Waals surface area contributed by atoms with Gasteiger partial charge in [0.2, 0.25) is 5.91 Å². The van der Waals surface area contributed by atoms with Crippen molar-refractivity contribution in [3.63, 3.8) is 0 Å². The van der Waals surface area contributed by atoms with Gasteiger partial charge in [-0.3, -0.25) is 4.79 Å². The zero-order valence-corrected chi connectivity index (χ0v) is 11.6. The molecule has 16 heavy (non-hydrogen) atoms. The molecule has 0 aliphatic rings. The van der Waals surface area contributed by atoms with Crippen LogP contribution in [-0.2, 0) is 4.79 Å². The number of rotatable bonds is 4. The van der Waals surface area contributed by atoms with Crippen LogP contribution in [-0.4, -0.2) is 50.4 Å². The van der Waals surface area contributed by atoms with Crippen LogP contribution in [0.25, 0.3) is 0 Å². The standard InChI is InChI=1S/C12H25N3O/c1-12(2,3)9-13-10(14(4)5)8-11(16)15(6)7/h8,13H,9H2,1-7H3/b10-8-. The highest BCUT2D eigenvalue weighted by Crippen LogP contribution is 2.11. The Kier molecular flexibility index (Phi) is 5.35. The summed E-state index contributed by atoms with van der Waals surface area (Å²) in [5, 5.41) is 3.28. The largest absolute Gasteiger partial charge is 0.371 e. The first-order valence-electron chi connectivity index (χ1n) is 5.47. The molecular weight excluding hydrogens is 202 g/mol. The van der Waals surface area contributed by atoms with E-state index in [1.54, 1.807) is 25.1 Å². The predicted octanol–water partition coefficient (Wildman–Crippen LogP) is 1.11. The van der Waals surface area contributed by atoms with Crippen molar-refractivity contribution in [2.75, 3.05) is 34.7 Å². The first-order valence-corrected chi connectivity index (χ1v) is 5.47. The van der Waals surface area contributed by atoms with Crippen molar-refractivity contribution in [3.05, 3.63) is 11.9 Å². The molecule has 1 amide bonds. The van der Waals surface area contributed by atoms with Crippen LogP contribution in [0, 0.1) is 5.41 Å². The summed E-state index contributed by atoms with van der Waals surface area (Å²) in [7, 11) is 7.33. The maximum atomic E-state index is 11.6. The van der Waals surface area contributed by atoms with E-state index in [0.29, 0.717) is 0 Å². The molecule has 0 unspecified atom stereocenters. The number of nitrogens with one attached hydrogen (secondary N) is 1. The van der Waals surface area contributed by atoms with Gasteiger partial charge in [-0.2, -0.15) is 0 Å². The van der Waals surface area contributed by atoms with Gasteiger partial charge in [-0.05, 0) is 5.41 Å². The lowest BCUT2D eigenvalue weighted by molar-refractivity contribution is -0.123. The van der Waals surface area contributed by atoms with Gasteiger partial charge in [0.25, 0.3) is 0 Å². The van der Waals surface area contributed by atoms with Crippen molar-refractivity contribution < 1.29 is 4.79 Å². The van der Waals surface area contributed by atoms with Gasteiger partial charge in [0.1, 0.15) is 5.82 Å². The summed E-state index contributed by atoms with van der Waals surface area (Å²) in [5.74, 6) is 0.832. The van der Waals surface area contributed by atoms with Crippen LogP contribution in [0.15, 0.2) is 11.9 Å². The molecule has 4 heteroatoms. The zero-order valence-electron chi connectivity index (χ0n) is 11.6. The summed E-state index contributed by atoms with van der Waals surface area (Å²) in [4.78, 5) is 15.0. The molecule has 0 atom stereocenters. The summed E-state index contributed by atoms with van der Waals surface area (Å²) in [5.41, 5.74) is 0.191. The Balaban J connectivity index is 4.57. The maximum Gasteiger partial charge on any atom is 0.249 e. The first-order chi connectivity index (χ1) is 7.13. The molecule has 0 radical (unpaired) electrons. The number of hydrogen-bond donors (Lipinski definition) is 1. The quantitative estimate of drug-likeness (QED) is 0.731. The molecule has 0 saturated carbocycles. The molecule has 0 bridgehead atoms. The Morgan fingerprint density at radius 2 is 1.62 bits per heavy atom. The highest BCUT2D eigenvalue weighted by Gasteiger charge is 2.12. The van der Waals surface area contributed by atoms with E-state index in [1.165, 1.54) is 0 Å². The molecule has 0 aliphatic carbocycles.